The van der Waals surface area contributed by atoms with Crippen LogP contribution in [0.4, 0.5) is 0 Å². The molecule has 0 radical (unpaired) electrons. The largest absolute Gasteiger partial charge is 0.472 e. The van der Waals surface area contributed by atoms with Gasteiger partial charge in [0.1, 0.15) is 12.2 Å². The van der Waals surface area contributed by atoms with E-state index in [9.17, 15) is 29.3 Å². The molecule has 0 fully saturated rings. The number of ether oxygens (including phenoxy) is 1. The molecule has 0 heterocycles. The summed E-state index contributed by atoms with van der Waals surface area (Å²) in [6, 6.07) is -1.02. The molecule has 0 saturated heterocycles. The van der Waals surface area contributed by atoms with Crippen LogP contribution in [0.5, 0.6) is 0 Å². The number of aliphatic hydroxyl groups is 3. The molecule has 5 N–H and O–H groups in total. The molecule has 0 aromatic heterocycles. The molecule has 0 aliphatic carbocycles. The summed E-state index contributed by atoms with van der Waals surface area (Å²) in [5.41, 5.74) is 0. The quantitative estimate of drug-likeness (QED) is 0.0225. The molecular formula is C53H106NO10P. The van der Waals surface area contributed by atoms with Crippen LogP contribution in [0, 0.1) is 17.8 Å². The van der Waals surface area contributed by atoms with Gasteiger partial charge in [0.25, 0.3) is 0 Å². The second-order valence-corrected chi connectivity index (χ2v) is 22.2. The highest BCUT2D eigenvalue weighted by atomic mass is 31.2. The number of phosphoric ester groups is 1. The van der Waals surface area contributed by atoms with Crippen LogP contribution >= 0.6 is 7.82 Å². The van der Waals surface area contributed by atoms with Gasteiger partial charge in [0.05, 0.1) is 38.4 Å². The predicted molar refractivity (Wildman–Crippen MR) is 269 cm³/mol. The summed E-state index contributed by atoms with van der Waals surface area (Å²) in [5, 5.41) is 32.8. The Labute approximate surface area is 400 Å². The Hall–Kier alpha value is -1.07. The number of esters is 1. The maximum Gasteiger partial charge on any atom is 0.472 e. The average molecular weight is 948 g/mol. The fourth-order valence-corrected chi connectivity index (χ4v) is 9.14. The highest BCUT2D eigenvalue weighted by Gasteiger charge is 2.29. The molecular weight excluding hydrogens is 842 g/mol. The summed E-state index contributed by atoms with van der Waals surface area (Å²) >= 11 is 0. The Morgan fingerprint density at radius 1 is 0.492 bits per heavy atom. The van der Waals surface area contributed by atoms with E-state index in [1.54, 1.807) is 0 Å². The summed E-state index contributed by atoms with van der Waals surface area (Å²) in [6.07, 6.45) is 34.4. The van der Waals surface area contributed by atoms with E-state index in [2.05, 4.69) is 46.9 Å². The SMILES string of the molecule is CC(C)CCCCCCCCCCCCC(O)C(COP(=O)(O)OCC(O)CO)NC(=O)CC(CCCCCCCCCCCC(C)C)OC(=O)CCCCCCCCCCCC(C)C. The zero-order chi connectivity index (χ0) is 48.4. The zero-order valence-electron chi connectivity index (χ0n) is 43.1. The van der Waals surface area contributed by atoms with Gasteiger partial charge < -0.3 is 30.3 Å². The first kappa shape index (κ1) is 63.9. The number of hydrogen-bond acceptors (Lipinski definition) is 9. The lowest BCUT2D eigenvalue weighted by Crippen LogP contribution is -2.47. The molecule has 1 amide bonds. The van der Waals surface area contributed by atoms with E-state index in [4.69, 9.17) is 18.9 Å². The van der Waals surface area contributed by atoms with Crippen molar-refractivity contribution in [1.29, 1.82) is 0 Å². The van der Waals surface area contributed by atoms with Gasteiger partial charge in [0.2, 0.25) is 5.91 Å². The predicted octanol–water partition coefficient (Wildman–Crippen LogP) is 13.9. The van der Waals surface area contributed by atoms with Crippen LogP contribution in [0.25, 0.3) is 0 Å². The third kappa shape index (κ3) is 45.2. The van der Waals surface area contributed by atoms with Gasteiger partial charge in [-0.1, -0.05) is 228 Å². The zero-order valence-corrected chi connectivity index (χ0v) is 44.0. The fourth-order valence-electron chi connectivity index (χ4n) is 8.36. The number of amides is 1. The molecule has 0 aliphatic rings. The van der Waals surface area contributed by atoms with Crippen LogP contribution in [0.3, 0.4) is 0 Å². The van der Waals surface area contributed by atoms with Crippen molar-refractivity contribution >= 4 is 19.7 Å². The molecule has 0 aliphatic heterocycles. The Bertz CT molecular complexity index is 1120. The molecule has 65 heavy (non-hydrogen) atoms. The van der Waals surface area contributed by atoms with E-state index in [1.165, 1.54) is 135 Å². The summed E-state index contributed by atoms with van der Waals surface area (Å²) in [6.45, 7) is 11.9. The van der Waals surface area contributed by atoms with Crippen molar-refractivity contribution in [3.63, 3.8) is 0 Å². The molecule has 388 valence electrons. The van der Waals surface area contributed by atoms with Gasteiger partial charge in [0, 0.05) is 6.42 Å². The third-order valence-corrected chi connectivity index (χ3v) is 13.5. The fraction of sp³-hybridized carbons (Fsp3) is 0.962. The Morgan fingerprint density at radius 2 is 0.831 bits per heavy atom. The number of aliphatic hydroxyl groups excluding tert-OH is 3. The topological polar surface area (TPSA) is 172 Å². The minimum absolute atomic E-state index is 0.0871. The van der Waals surface area contributed by atoms with Gasteiger partial charge in [-0.2, -0.15) is 0 Å². The van der Waals surface area contributed by atoms with Crippen molar-refractivity contribution in [2.75, 3.05) is 19.8 Å². The first-order chi connectivity index (χ1) is 31.1. The van der Waals surface area contributed by atoms with E-state index in [0.717, 1.165) is 82.0 Å². The number of hydrogen-bond donors (Lipinski definition) is 5. The summed E-state index contributed by atoms with van der Waals surface area (Å²) < 4.78 is 28.6. The van der Waals surface area contributed by atoms with Crippen LogP contribution in [-0.2, 0) is 27.9 Å². The van der Waals surface area contributed by atoms with Crippen LogP contribution in [0.1, 0.15) is 266 Å². The normalized spacial score (nSPS) is 14.8. The first-order valence-electron chi connectivity index (χ1n) is 27.2. The van der Waals surface area contributed by atoms with E-state index in [-0.39, 0.29) is 12.4 Å². The Morgan fingerprint density at radius 3 is 1.22 bits per heavy atom. The highest BCUT2D eigenvalue weighted by molar-refractivity contribution is 7.47. The minimum Gasteiger partial charge on any atom is -0.462 e. The maximum absolute atomic E-state index is 13.6. The number of nitrogens with one attached hydrogen (secondary N) is 1. The van der Waals surface area contributed by atoms with E-state index >= 15 is 0 Å². The van der Waals surface area contributed by atoms with Gasteiger partial charge >= 0.3 is 13.8 Å². The molecule has 0 aromatic carbocycles. The van der Waals surface area contributed by atoms with E-state index in [1.807, 2.05) is 0 Å². The Kier molecular flexibility index (Phi) is 43.4. The van der Waals surface area contributed by atoms with E-state index in [0.29, 0.717) is 19.3 Å². The monoisotopic (exact) mass is 948 g/mol. The van der Waals surface area contributed by atoms with Crippen molar-refractivity contribution in [1.82, 2.24) is 5.32 Å². The van der Waals surface area contributed by atoms with Crippen LogP contribution < -0.4 is 5.32 Å². The lowest BCUT2D eigenvalue weighted by Gasteiger charge is -2.26. The van der Waals surface area contributed by atoms with Gasteiger partial charge in [-0.05, 0) is 43.4 Å². The molecule has 0 saturated carbocycles. The molecule has 12 heteroatoms. The smallest absolute Gasteiger partial charge is 0.462 e. The third-order valence-electron chi connectivity index (χ3n) is 12.6. The van der Waals surface area contributed by atoms with Gasteiger partial charge in [-0.25, -0.2) is 4.57 Å². The number of carbonyl (C=O) groups excluding carboxylic acids is 2. The standard InChI is InChI=1S/C53H106NO10P/c1-45(2)35-29-23-17-11-7-8-15-21-27-33-39-51(57)50(44-63-65(60,61)62-43-48(56)42-55)54-52(58)41-49(38-32-26-20-14-9-12-18-24-30-36-46(3)4)64-53(59)40-34-28-22-16-10-13-19-25-31-37-47(5)6/h45-51,55-57H,7-44H2,1-6H3,(H,54,58)(H,60,61). The maximum atomic E-state index is 13.6. The number of phosphoric acid groups is 1. The number of carbonyl (C=O) groups is 2. The van der Waals surface area contributed by atoms with Crippen molar-refractivity contribution in [3.05, 3.63) is 0 Å². The second-order valence-electron chi connectivity index (χ2n) is 20.7. The van der Waals surface area contributed by atoms with E-state index < -0.39 is 57.9 Å². The molecule has 0 spiro atoms. The second kappa shape index (κ2) is 44.2. The highest BCUT2D eigenvalue weighted by Crippen LogP contribution is 2.43. The molecule has 0 aromatic rings. The number of unbranched alkanes of at least 4 members (excludes halogenated alkanes) is 25. The minimum atomic E-state index is -4.67. The van der Waals surface area contributed by atoms with Crippen molar-refractivity contribution in [3.8, 4) is 0 Å². The van der Waals surface area contributed by atoms with Crippen molar-refractivity contribution in [2.45, 2.75) is 291 Å². The lowest BCUT2D eigenvalue weighted by molar-refractivity contribution is -0.151. The lowest BCUT2D eigenvalue weighted by atomic mass is 10.0. The van der Waals surface area contributed by atoms with Crippen LogP contribution in [-0.4, -0.2) is 76.3 Å². The molecule has 5 unspecified atom stereocenters. The molecule has 0 bridgehead atoms. The van der Waals surface area contributed by atoms with Crippen LogP contribution in [0.15, 0.2) is 0 Å². The summed E-state index contributed by atoms with van der Waals surface area (Å²) in [7, 11) is -4.67. The van der Waals surface area contributed by atoms with Gasteiger partial charge in [0.15, 0.2) is 0 Å². The molecule has 11 nitrogen and oxygen atoms in total. The Balaban J connectivity index is 5.24. The van der Waals surface area contributed by atoms with Crippen LogP contribution in [0.2, 0.25) is 0 Å². The summed E-state index contributed by atoms with van der Waals surface area (Å²) in [4.78, 5) is 37.0. The molecule has 0 rings (SSSR count). The average Bonchev–Trinajstić information content (AvgIpc) is 3.25. The number of rotatable bonds is 49. The van der Waals surface area contributed by atoms with Gasteiger partial charge in [-0.3, -0.25) is 18.6 Å². The van der Waals surface area contributed by atoms with Crippen molar-refractivity contribution in [2.24, 2.45) is 17.8 Å². The van der Waals surface area contributed by atoms with Crippen molar-refractivity contribution < 1.29 is 48.2 Å². The first-order valence-corrected chi connectivity index (χ1v) is 28.7. The molecule has 5 atom stereocenters. The summed E-state index contributed by atoms with van der Waals surface area (Å²) in [5.74, 6) is 1.59. The van der Waals surface area contributed by atoms with Gasteiger partial charge in [-0.15, -0.1) is 0 Å².